The molecule has 0 unspecified atom stereocenters. The molecule has 0 saturated carbocycles. The lowest BCUT2D eigenvalue weighted by Crippen LogP contribution is -2.21. The highest BCUT2D eigenvalue weighted by Crippen LogP contribution is 2.20. The van der Waals surface area contributed by atoms with E-state index in [9.17, 15) is 4.79 Å². The minimum absolute atomic E-state index is 0.128. The molecule has 6 heteroatoms. The number of hydroxylamine groups is 1. The number of aromatic nitrogens is 1. The van der Waals surface area contributed by atoms with Gasteiger partial charge in [0.25, 0.3) is 5.91 Å². The molecule has 1 N–H and O–H groups in total. The van der Waals surface area contributed by atoms with Crippen LogP contribution in [0.3, 0.4) is 0 Å². The highest BCUT2D eigenvalue weighted by atomic mass is 16.6. The number of nitrogens with one attached hydrogen (secondary N) is 1. The zero-order valence-electron chi connectivity index (χ0n) is 7.89. The van der Waals surface area contributed by atoms with E-state index in [4.69, 9.17) is 8.94 Å². The Labute approximate surface area is 84.8 Å². The van der Waals surface area contributed by atoms with Crippen molar-refractivity contribution in [1.82, 2.24) is 10.6 Å². The van der Waals surface area contributed by atoms with Crippen LogP contribution in [0.1, 0.15) is 10.5 Å². The number of amides is 1. The Hall–Kier alpha value is -2.08. The molecule has 6 nitrogen and oxygen atoms in total. The molecule has 0 aliphatic carbocycles. The molecule has 0 atom stereocenters. The third-order valence-electron chi connectivity index (χ3n) is 1.70. The number of rotatable bonds is 3. The number of nitrogens with zero attached hydrogens (tertiary/aromatic N) is 1. The van der Waals surface area contributed by atoms with Crippen LogP contribution in [0.2, 0.25) is 0 Å². The smallest absolute Gasteiger partial charge is 0.297 e. The lowest BCUT2D eigenvalue weighted by Gasteiger charge is -1.94. The second kappa shape index (κ2) is 3.97. The molecule has 0 aliphatic heterocycles. The molecule has 0 aliphatic rings. The van der Waals surface area contributed by atoms with Gasteiger partial charge in [-0.3, -0.25) is 9.63 Å². The summed E-state index contributed by atoms with van der Waals surface area (Å²) in [6.07, 6.45) is 1.51. The van der Waals surface area contributed by atoms with Gasteiger partial charge in [0.1, 0.15) is 0 Å². The fourth-order valence-corrected chi connectivity index (χ4v) is 1.06. The predicted octanol–water partition coefficient (Wildman–Crippen LogP) is 1.23. The second-order valence-corrected chi connectivity index (χ2v) is 2.69. The Bertz CT molecular complexity index is 446. The first-order chi connectivity index (χ1) is 7.31. The van der Waals surface area contributed by atoms with Crippen molar-refractivity contribution >= 4 is 5.91 Å². The quantitative estimate of drug-likeness (QED) is 0.767. The van der Waals surface area contributed by atoms with Crippen molar-refractivity contribution in [2.45, 2.75) is 0 Å². The summed E-state index contributed by atoms with van der Waals surface area (Å²) >= 11 is 0. The first-order valence-electron chi connectivity index (χ1n) is 4.15. The molecule has 0 saturated heterocycles. The van der Waals surface area contributed by atoms with Crippen molar-refractivity contribution < 1.29 is 18.6 Å². The van der Waals surface area contributed by atoms with E-state index in [2.05, 4.69) is 15.5 Å². The summed E-state index contributed by atoms with van der Waals surface area (Å²) in [7, 11) is 1.34. The van der Waals surface area contributed by atoms with Gasteiger partial charge in [0.15, 0.2) is 11.5 Å². The van der Waals surface area contributed by atoms with Gasteiger partial charge in [0, 0.05) is 6.07 Å². The summed E-state index contributed by atoms with van der Waals surface area (Å²) in [5, 5.41) is 3.56. The van der Waals surface area contributed by atoms with Crippen LogP contribution in [0, 0.1) is 0 Å². The molecule has 2 aromatic rings. The predicted molar refractivity (Wildman–Crippen MR) is 48.7 cm³/mol. The van der Waals surface area contributed by atoms with E-state index in [0.717, 1.165) is 0 Å². The van der Waals surface area contributed by atoms with Crippen LogP contribution in [0.25, 0.3) is 11.5 Å². The topological polar surface area (TPSA) is 77.5 Å². The molecule has 15 heavy (non-hydrogen) atoms. The number of carbonyl (C=O) groups excluding carboxylic acids is 1. The van der Waals surface area contributed by atoms with Crippen molar-refractivity contribution in [3.63, 3.8) is 0 Å². The highest BCUT2D eigenvalue weighted by molar-refractivity contribution is 5.92. The molecular formula is C9H8N2O4. The lowest BCUT2D eigenvalue weighted by molar-refractivity contribution is 0.0528. The standard InChI is InChI=1S/C9H8N2O4/c1-13-11-9(12)6-5-8(15-10-6)7-3-2-4-14-7/h2-5H,1H3,(H,11,12). The largest absolute Gasteiger partial charge is 0.461 e. The second-order valence-electron chi connectivity index (χ2n) is 2.69. The van der Waals surface area contributed by atoms with E-state index in [1.165, 1.54) is 19.4 Å². The maximum absolute atomic E-state index is 11.2. The van der Waals surface area contributed by atoms with E-state index in [0.29, 0.717) is 11.5 Å². The Balaban J connectivity index is 2.21. The van der Waals surface area contributed by atoms with Crippen molar-refractivity contribution in [3.05, 3.63) is 30.2 Å². The third kappa shape index (κ3) is 1.89. The molecule has 0 fully saturated rings. The first-order valence-corrected chi connectivity index (χ1v) is 4.15. The highest BCUT2D eigenvalue weighted by Gasteiger charge is 2.14. The van der Waals surface area contributed by atoms with Crippen LogP contribution in [-0.4, -0.2) is 18.2 Å². The third-order valence-corrected chi connectivity index (χ3v) is 1.70. The summed E-state index contributed by atoms with van der Waals surface area (Å²) in [4.78, 5) is 15.7. The SMILES string of the molecule is CONC(=O)c1cc(-c2ccco2)on1. The lowest BCUT2D eigenvalue weighted by atomic mass is 10.3. The van der Waals surface area contributed by atoms with Gasteiger partial charge in [0.2, 0.25) is 5.76 Å². The fourth-order valence-electron chi connectivity index (χ4n) is 1.06. The van der Waals surface area contributed by atoms with Crippen LogP contribution < -0.4 is 5.48 Å². The molecule has 2 aromatic heterocycles. The van der Waals surface area contributed by atoms with E-state index < -0.39 is 5.91 Å². The van der Waals surface area contributed by atoms with Crippen LogP contribution in [-0.2, 0) is 4.84 Å². The zero-order valence-corrected chi connectivity index (χ0v) is 7.89. The van der Waals surface area contributed by atoms with Crippen LogP contribution in [0.4, 0.5) is 0 Å². The number of hydrogen-bond donors (Lipinski definition) is 1. The van der Waals surface area contributed by atoms with E-state index in [-0.39, 0.29) is 5.69 Å². The molecule has 2 heterocycles. The summed E-state index contributed by atoms with van der Waals surface area (Å²) in [5.41, 5.74) is 2.26. The summed E-state index contributed by atoms with van der Waals surface area (Å²) in [6.45, 7) is 0. The molecule has 0 spiro atoms. The molecule has 0 aromatic carbocycles. The van der Waals surface area contributed by atoms with Gasteiger partial charge in [-0.2, -0.15) is 0 Å². The number of carbonyl (C=O) groups is 1. The summed E-state index contributed by atoms with van der Waals surface area (Å²) < 4.78 is 9.99. The van der Waals surface area contributed by atoms with E-state index in [1.54, 1.807) is 12.1 Å². The molecular weight excluding hydrogens is 200 g/mol. The Kier molecular flexibility index (Phi) is 2.51. The molecule has 0 radical (unpaired) electrons. The Morgan fingerprint density at radius 3 is 3.07 bits per heavy atom. The maximum Gasteiger partial charge on any atom is 0.297 e. The van der Waals surface area contributed by atoms with Crippen LogP contribution >= 0.6 is 0 Å². The molecule has 0 bridgehead atoms. The van der Waals surface area contributed by atoms with Crippen molar-refractivity contribution in [2.75, 3.05) is 7.11 Å². The normalized spacial score (nSPS) is 10.2. The van der Waals surface area contributed by atoms with Crippen molar-refractivity contribution in [1.29, 1.82) is 0 Å². The van der Waals surface area contributed by atoms with Gasteiger partial charge in [-0.1, -0.05) is 5.16 Å². The monoisotopic (exact) mass is 208 g/mol. The number of furan rings is 1. The fraction of sp³-hybridized carbons (Fsp3) is 0.111. The molecule has 78 valence electrons. The van der Waals surface area contributed by atoms with Crippen molar-refractivity contribution in [2.24, 2.45) is 0 Å². The maximum atomic E-state index is 11.2. The Morgan fingerprint density at radius 2 is 2.40 bits per heavy atom. The average Bonchev–Trinajstić information content (AvgIpc) is 2.89. The Morgan fingerprint density at radius 1 is 1.53 bits per heavy atom. The van der Waals surface area contributed by atoms with Crippen LogP contribution in [0.15, 0.2) is 33.4 Å². The van der Waals surface area contributed by atoms with Crippen molar-refractivity contribution in [3.8, 4) is 11.5 Å². The molecule has 2 rings (SSSR count). The van der Waals surface area contributed by atoms with Gasteiger partial charge in [0.05, 0.1) is 13.4 Å². The summed E-state index contributed by atoms with van der Waals surface area (Å²) in [5.74, 6) is 0.430. The minimum Gasteiger partial charge on any atom is -0.461 e. The van der Waals surface area contributed by atoms with Gasteiger partial charge >= 0.3 is 0 Å². The minimum atomic E-state index is -0.473. The van der Waals surface area contributed by atoms with E-state index in [1.807, 2.05) is 0 Å². The van der Waals surface area contributed by atoms with E-state index >= 15 is 0 Å². The zero-order chi connectivity index (χ0) is 10.7. The van der Waals surface area contributed by atoms with Crippen LogP contribution in [0.5, 0.6) is 0 Å². The van der Waals surface area contributed by atoms with Gasteiger partial charge in [-0.25, -0.2) is 5.48 Å². The molecule has 1 amide bonds. The van der Waals surface area contributed by atoms with Gasteiger partial charge in [-0.05, 0) is 12.1 Å². The van der Waals surface area contributed by atoms with Gasteiger partial charge < -0.3 is 8.94 Å². The first kappa shape index (κ1) is 9.47. The summed E-state index contributed by atoms with van der Waals surface area (Å²) in [6, 6.07) is 4.89. The number of hydrogen-bond acceptors (Lipinski definition) is 5. The average molecular weight is 208 g/mol. The van der Waals surface area contributed by atoms with Gasteiger partial charge in [-0.15, -0.1) is 0 Å².